The molecule has 20 heavy (non-hydrogen) atoms. The number of benzene rings is 2. The van der Waals surface area contributed by atoms with E-state index in [1.165, 1.54) is 12.1 Å². The molecule has 0 amide bonds. The highest BCUT2D eigenvalue weighted by molar-refractivity contribution is 5.76. The predicted molar refractivity (Wildman–Crippen MR) is 75.6 cm³/mol. The van der Waals surface area contributed by atoms with Crippen LogP contribution in [0.25, 0.3) is 23.1 Å². The summed E-state index contributed by atoms with van der Waals surface area (Å²) in [5.74, 6) is -0.0736. The largest absolute Gasteiger partial charge is 0.438 e. The predicted octanol–water partition coefficient (Wildman–Crippen LogP) is 3.50. The maximum atomic E-state index is 12.8. The molecule has 0 aliphatic heterocycles. The van der Waals surface area contributed by atoms with Crippen LogP contribution in [0.15, 0.2) is 57.7 Å². The van der Waals surface area contributed by atoms with Gasteiger partial charge in [-0.3, -0.25) is 4.79 Å². The Labute approximate surface area is 114 Å². The zero-order valence-electron chi connectivity index (χ0n) is 10.4. The second-order valence-corrected chi connectivity index (χ2v) is 4.24. The Bertz CT molecular complexity index is 835. The van der Waals surface area contributed by atoms with Gasteiger partial charge in [-0.15, -0.1) is 0 Å². The van der Waals surface area contributed by atoms with Gasteiger partial charge in [-0.05, 0) is 35.9 Å². The number of fused-ring (bicyclic) bond motifs is 1. The van der Waals surface area contributed by atoms with Crippen molar-refractivity contribution in [3.8, 4) is 0 Å². The first-order chi connectivity index (χ1) is 9.72. The number of para-hydroxylation sites is 1. The number of rotatable bonds is 2. The van der Waals surface area contributed by atoms with Crippen molar-refractivity contribution in [2.24, 2.45) is 0 Å². The lowest BCUT2D eigenvalue weighted by molar-refractivity contribution is 0.563. The first-order valence-electron chi connectivity index (χ1n) is 6.06. The van der Waals surface area contributed by atoms with Crippen molar-refractivity contribution in [3.63, 3.8) is 0 Å². The van der Waals surface area contributed by atoms with Gasteiger partial charge in [0.05, 0.1) is 5.39 Å². The minimum Gasteiger partial charge on any atom is -0.438 e. The minimum atomic E-state index is -0.328. The molecule has 1 heterocycles. The molecule has 0 aliphatic rings. The van der Waals surface area contributed by atoms with Crippen molar-refractivity contribution in [3.05, 3.63) is 76.2 Å². The first-order valence-corrected chi connectivity index (χ1v) is 6.06. The Morgan fingerprint density at radius 2 is 1.75 bits per heavy atom. The van der Waals surface area contributed by atoms with Gasteiger partial charge in [0.25, 0.3) is 5.56 Å². The van der Waals surface area contributed by atoms with Crippen molar-refractivity contribution in [1.82, 2.24) is 4.98 Å². The van der Waals surface area contributed by atoms with Crippen LogP contribution in [0.1, 0.15) is 11.5 Å². The Morgan fingerprint density at radius 1 is 1.00 bits per heavy atom. The highest BCUT2D eigenvalue weighted by atomic mass is 19.1. The first kappa shape index (κ1) is 12.3. The summed E-state index contributed by atoms with van der Waals surface area (Å²) in [5, 5.41) is 0.450. The molecule has 4 heteroatoms. The summed E-state index contributed by atoms with van der Waals surface area (Å²) >= 11 is 0. The molecule has 0 atom stereocenters. The van der Waals surface area contributed by atoms with E-state index in [0.717, 1.165) is 5.56 Å². The van der Waals surface area contributed by atoms with E-state index in [-0.39, 0.29) is 17.3 Å². The summed E-state index contributed by atoms with van der Waals surface area (Å²) < 4.78 is 18.3. The van der Waals surface area contributed by atoms with Gasteiger partial charge in [-0.1, -0.05) is 24.3 Å². The van der Waals surface area contributed by atoms with E-state index in [2.05, 4.69) is 4.98 Å². The van der Waals surface area contributed by atoms with Crippen LogP contribution in [0.5, 0.6) is 0 Å². The molecule has 0 aliphatic carbocycles. The van der Waals surface area contributed by atoms with Crippen LogP contribution in [-0.4, -0.2) is 4.98 Å². The average Bonchev–Trinajstić information content (AvgIpc) is 2.47. The van der Waals surface area contributed by atoms with Crippen LogP contribution in [0.2, 0.25) is 0 Å². The van der Waals surface area contributed by atoms with Crippen molar-refractivity contribution >= 4 is 23.1 Å². The van der Waals surface area contributed by atoms with Crippen LogP contribution in [0.3, 0.4) is 0 Å². The monoisotopic (exact) mass is 267 g/mol. The molecule has 0 radical (unpaired) electrons. The third kappa shape index (κ3) is 2.49. The SMILES string of the molecule is O=c1nc(/C=C/c2ccc(F)cc2)oc2ccccc12. The molecule has 0 unspecified atom stereocenters. The number of hydrogen-bond acceptors (Lipinski definition) is 3. The fraction of sp³-hybridized carbons (Fsp3) is 0. The topological polar surface area (TPSA) is 43.1 Å². The van der Waals surface area contributed by atoms with Crippen LogP contribution in [0.4, 0.5) is 4.39 Å². The Morgan fingerprint density at radius 3 is 2.55 bits per heavy atom. The van der Waals surface area contributed by atoms with E-state index in [9.17, 15) is 9.18 Å². The summed E-state index contributed by atoms with van der Waals surface area (Å²) in [6.45, 7) is 0. The van der Waals surface area contributed by atoms with Crippen LogP contribution in [0, 0.1) is 5.82 Å². The lowest BCUT2D eigenvalue weighted by Crippen LogP contribution is -2.06. The van der Waals surface area contributed by atoms with Crippen molar-refractivity contribution < 1.29 is 8.81 Å². The van der Waals surface area contributed by atoms with Crippen molar-refractivity contribution in [2.75, 3.05) is 0 Å². The number of nitrogens with zero attached hydrogens (tertiary/aromatic N) is 1. The summed E-state index contributed by atoms with van der Waals surface area (Å²) in [6.07, 6.45) is 3.29. The van der Waals surface area contributed by atoms with E-state index in [1.807, 2.05) is 0 Å². The highest BCUT2D eigenvalue weighted by Crippen LogP contribution is 2.12. The van der Waals surface area contributed by atoms with Crippen molar-refractivity contribution in [2.45, 2.75) is 0 Å². The fourth-order valence-electron chi connectivity index (χ4n) is 1.84. The molecular formula is C16H10FNO2. The molecule has 3 aromatic rings. The zero-order chi connectivity index (χ0) is 13.9. The van der Waals surface area contributed by atoms with E-state index >= 15 is 0 Å². The Hall–Kier alpha value is -2.75. The molecule has 0 fully saturated rings. The van der Waals surface area contributed by atoms with Gasteiger partial charge < -0.3 is 4.42 Å². The molecule has 0 bridgehead atoms. The lowest BCUT2D eigenvalue weighted by atomic mass is 10.2. The van der Waals surface area contributed by atoms with Crippen LogP contribution < -0.4 is 5.56 Å². The summed E-state index contributed by atoms with van der Waals surface area (Å²) in [4.78, 5) is 15.7. The molecular weight excluding hydrogens is 257 g/mol. The fourth-order valence-corrected chi connectivity index (χ4v) is 1.84. The average molecular weight is 267 g/mol. The minimum absolute atomic E-state index is 0.220. The number of hydrogen-bond donors (Lipinski definition) is 0. The second-order valence-electron chi connectivity index (χ2n) is 4.24. The molecule has 0 saturated carbocycles. The summed E-state index contributed by atoms with van der Waals surface area (Å²) in [7, 11) is 0. The summed E-state index contributed by atoms with van der Waals surface area (Å²) in [6, 6.07) is 12.9. The van der Waals surface area contributed by atoms with Gasteiger partial charge in [0, 0.05) is 6.08 Å². The van der Waals surface area contributed by atoms with Crippen LogP contribution >= 0.6 is 0 Å². The number of halogens is 1. The third-order valence-electron chi connectivity index (χ3n) is 2.83. The maximum absolute atomic E-state index is 12.8. The third-order valence-corrected chi connectivity index (χ3v) is 2.83. The van der Waals surface area contributed by atoms with E-state index in [4.69, 9.17) is 4.42 Å². The van der Waals surface area contributed by atoms with Gasteiger partial charge in [-0.25, -0.2) is 4.39 Å². The zero-order valence-corrected chi connectivity index (χ0v) is 10.4. The highest BCUT2D eigenvalue weighted by Gasteiger charge is 2.02. The van der Waals surface area contributed by atoms with E-state index < -0.39 is 0 Å². The molecule has 98 valence electrons. The second kappa shape index (κ2) is 5.09. The molecule has 3 rings (SSSR count). The lowest BCUT2D eigenvalue weighted by Gasteiger charge is -1.97. The summed E-state index contributed by atoms with van der Waals surface area (Å²) in [5.41, 5.74) is 0.959. The normalized spacial score (nSPS) is 11.2. The quantitative estimate of drug-likeness (QED) is 0.713. The van der Waals surface area contributed by atoms with Gasteiger partial charge in [0.1, 0.15) is 11.4 Å². The standard InChI is InChI=1S/C16H10FNO2/c17-12-8-5-11(6-9-12)7-10-15-18-16(19)13-3-1-2-4-14(13)20-15/h1-10H/b10-7+. The molecule has 0 N–H and O–H groups in total. The number of aromatic nitrogens is 1. The maximum Gasteiger partial charge on any atom is 0.284 e. The van der Waals surface area contributed by atoms with E-state index in [1.54, 1.807) is 48.6 Å². The van der Waals surface area contributed by atoms with Gasteiger partial charge in [0.2, 0.25) is 5.89 Å². The molecule has 0 saturated heterocycles. The molecule has 0 spiro atoms. The molecule has 3 nitrogen and oxygen atoms in total. The molecule has 2 aromatic carbocycles. The van der Waals surface area contributed by atoms with Gasteiger partial charge >= 0.3 is 0 Å². The molecule has 1 aromatic heterocycles. The Kier molecular flexibility index (Phi) is 3.13. The van der Waals surface area contributed by atoms with E-state index in [0.29, 0.717) is 11.0 Å². The smallest absolute Gasteiger partial charge is 0.284 e. The van der Waals surface area contributed by atoms with Gasteiger partial charge in [0.15, 0.2) is 0 Å². The van der Waals surface area contributed by atoms with Crippen LogP contribution in [-0.2, 0) is 0 Å². The van der Waals surface area contributed by atoms with Crippen molar-refractivity contribution in [1.29, 1.82) is 0 Å². The Balaban J connectivity index is 1.98. The van der Waals surface area contributed by atoms with Gasteiger partial charge in [-0.2, -0.15) is 4.98 Å².